The maximum atomic E-state index is 13.6. The number of imide groups is 1. The second-order valence-corrected chi connectivity index (χ2v) is 15.3. The second kappa shape index (κ2) is 12.1. The molecule has 2 amide bonds. The van der Waals surface area contributed by atoms with E-state index in [1.165, 1.54) is 4.90 Å². The number of Topliss-reactive ketones (excluding diaryl/α,β-unsaturated/α-hetero) is 1. The van der Waals surface area contributed by atoms with E-state index in [4.69, 9.17) is 9.72 Å². The van der Waals surface area contributed by atoms with Gasteiger partial charge < -0.3 is 4.74 Å². The first kappa shape index (κ1) is 31.4. The van der Waals surface area contributed by atoms with Gasteiger partial charge in [-0.05, 0) is 67.5 Å². The van der Waals surface area contributed by atoms with E-state index in [0.29, 0.717) is 45.4 Å². The van der Waals surface area contributed by atoms with E-state index >= 15 is 0 Å². The van der Waals surface area contributed by atoms with E-state index in [1.54, 1.807) is 30.3 Å². The van der Waals surface area contributed by atoms with Crippen LogP contribution < -0.4 is 4.90 Å². The number of hydrogen-bond donors (Lipinski definition) is 0. The number of aryl methyl sites for hydroxylation is 2. The standard InChI is InChI=1S/C36H29Br3N2O5/c1-3-18-12-21(37)13-23-24(36(45)46-16-28(42)20-6-4-17(2)5-7-20)15-27(40-33(18)23)19-8-10-22(11-9-19)41-34(43)29-25-14-26(30(29)35(41)44)32(39)31(25)38/h4-13,15,25-26,29-32H,3,14,16H2,1-2H3. The van der Waals surface area contributed by atoms with Crippen LogP contribution in [0, 0.1) is 30.6 Å². The number of halogens is 3. The van der Waals surface area contributed by atoms with Crippen LogP contribution in [0.15, 0.2) is 71.2 Å². The van der Waals surface area contributed by atoms with Crippen LogP contribution in [0.2, 0.25) is 0 Å². The van der Waals surface area contributed by atoms with Gasteiger partial charge in [0.2, 0.25) is 11.8 Å². The summed E-state index contributed by atoms with van der Waals surface area (Å²) in [7, 11) is 0. The SMILES string of the molecule is CCc1cc(Br)cc2c(C(=O)OCC(=O)c3ccc(C)cc3)cc(-c3ccc(N4C(=O)C5C6CC(C(Br)C6Br)C5C4=O)cc3)nc12. The van der Waals surface area contributed by atoms with Crippen LogP contribution in [0.4, 0.5) is 5.69 Å². The third kappa shape index (κ3) is 5.17. The van der Waals surface area contributed by atoms with Gasteiger partial charge in [0.1, 0.15) is 0 Å². The highest BCUT2D eigenvalue weighted by Crippen LogP contribution is 2.60. The Bertz CT molecular complexity index is 1900. The summed E-state index contributed by atoms with van der Waals surface area (Å²) in [5.41, 5.74) is 5.16. The van der Waals surface area contributed by atoms with Gasteiger partial charge in [-0.15, -0.1) is 0 Å². The van der Waals surface area contributed by atoms with Crippen LogP contribution in [0.3, 0.4) is 0 Å². The molecule has 2 bridgehead atoms. The van der Waals surface area contributed by atoms with E-state index in [1.807, 2.05) is 50.2 Å². The summed E-state index contributed by atoms with van der Waals surface area (Å²) in [5, 5.41) is 0.615. The molecule has 234 valence electrons. The van der Waals surface area contributed by atoms with Crippen molar-refractivity contribution in [3.63, 3.8) is 0 Å². The number of ether oxygens (including phenoxy) is 1. The van der Waals surface area contributed by atoms with Crippen molar-refractivity contribution in [1.29, 1.82) is 0 Å². The predicted octanol–water partition coefficient (Wildman–Crippen LogP) is 7.86. The highest BCUT2D eigenvalue weighted by atomic mass is 79.9. The maximum absolute atomic E-state index is 13.6. The van der Waals surface area contributed by atoms with Gasteiger partial charge in [0.15, 0.2) is 12.4 Å². The Morgan fingerprint density at radius 2 is 1.54 bits per heavy atom. The highest BCUT2D eigenvalue weighted by Gasteiger charge is 2.66. The zero-order chi connectivity index (χ0) is 32.4. The van der Waals surface area contributed by atoms with Crippen molar-refractivity contribution in [2.45, 2.75) is 36.3 Å². The van der Waals surface area contributed by atoms with E-state index in [-0.39, 0.29) is 50.9 Å². The summed E-state index contributed by atoms with van der Waals surface area (Å²) in [6.07, 6.45) is 1.56. The van der Waals surface area contributed by atoms with Crippen molar-refractivity contribution < 1.29 is 23.9 Å². The molecule has 46 heavy (non-hydrogen) atoms. The molecule has 0 radical (unpaired) electrons. The number of esters is 1. The molecule has 2 aliphatic carbocycles. The number of carbonyl (C=O) groups is 4. The zero-order valence-corrected chi connectivity index (χ0v) is 29.8. The van der Waals surface area contributed by atoms with Crippen molar-refractivity contribution in [1.82, 2.24) is 4.98 Å². The van der Waals surface area contributed by atoms with E-state index in [2.05, 4.69) is 47.8 Å². The lowest BCUT2D eigenvalue weighted by Crippen LogP contribution is -2.37. The number of pyridine rings is 1. The molecule has 0 N–H and O–H groups in total. The molecule has 10 heteroatoms. The van der Waals surface area contributed by atoms with Gasteiger partial charge >= 0.3 is 5.97 Å². The number of aromatic nitrogens is 1. The summed E-state index contributed by atoms with van der Waals surface area (Å²) in [6.45, 7) is 3.56. The van der Waals surface area contributed by atoms with Gasteiger partial charge in [-0.2, -0.15) is 0 Å². The molecule has 3 aromatic carbocycles. The van der Waals surface area contributed by atoms with Crippen LogP contribution >= 0.6 is 47.8 Å². The first-order valence-electron chi connectivity index (χ1n) is 15.2. The highest BCUT2D eigenvalue weighted by molar-refractivity contribution is 9.12. The fourth-order valence-corrected chi connectivity index (χ4v) is 9.74. The molecule has 1 saturated heterocycles. The average molecular weight is 809 g/mol. The van der Waals surface area contributed by atoms with Crippen molar-refractivity contribution in [3.8, 4) is 11.3 Å². The molecule has 7 nitrogen and oxygen atoms in total. The number of nitrogens with zero attached hydrogens (tertiary/aromatic N) is 2. The molecule has 6 atom stereocenters. The number of amides is 2. The van der Waals surface area contributed by atoms with E-state index in [0.717, 1.165) is 22.0 Å². The number of ketones is 1. The molecule has 1 aromatic heterocycles. The number of hydrogen-bond acceptors (Lipinski definition) is 6. The Morgan fingerprint density at radius 1 is 0.913 bits per heavy atom. The zero-order valence-electron chi connectivity index (χ0n) is 25.0. The van der Waals surface area contributed by atoms with Crippen LogP contribution in [-0.4, -0.2) is 44.8 Å². The number of benzene rings is 3. The lowest BCUT2D eigenvalue weighted by Gasteiger charge is -2.28. The molecule has 0 spiro atoms. The van der Waals surface area contributed by atoms with Gasteiger partial charge in [-0.3, -0.25) is 19.3 Å². The largest absolute Gasteiger partial charge is 0.454 e. The summed E-state index contributed by atoms with van der Waals surface area (Å²) in [4.78, 5) is 60.0. The van der Waals surface area contributed by atoms with E-state index in [9.17, 15) is 19.2 Å². The quantitative estimate of drug-likeness (QED) is 0.0818. The Balaban J connectivity index is 1.20. The number of carbonyl (C=O) groups excluding carboxylic acids is 4. The van der Waals surface area contributed by atoms with Crippen molar-refractivity contribution in [3.05, 3.63) is 93.5 Å². The number of alkyl halides is 2. The summed E-state index contributed by atoms with van der Waals surface area (Å²) in [5.74, 6) is -1.50. The molecule has 3 fully saturated rings. The first-order valence-corrected chi connectivity index (χ1v) is 17.9. The molecule has 3 aliphatic rings. The van der Waals surface area contributed by atoms with Crippen LogP contribution in [-0.2, 0) is 20.7 Å². The molecule has 4 aromatic rings. The Morgan fingerprint density at radius 3 is 2.15 bits per heavy atom. The third-order valence-corrected chi connectivity index (χ3v) is 13.3. The summed E-state index contributed by atoms with van der Waals surface area (Å²) in [6, 6.07) is 19.7. The lowest BCUT2D eigenvalue weighted by atomic mass is 9.81. The Kier molecular flexibility index (Phi) is 8.26. The minimum atomic E-state index is -0.629. The minimum Gasteiger partial charge on any atom is -0.454 e. The van der Waals surface area contributed by atoms with Gasteiger partial charge in [-0.25, -0.2) is 9.78 Å². The molecule has 1 aliphatic heterocycles. The van der Waals surface area contributed by atoms with Gasteiger partial charge in [0.25, 0.3) is 0 Å². The molecular weight excluding hydrogens is 780 g/mol. The predicted molar refractivity (Wildman–Crippen MR) is 187 cm³/mol. The van der Waals surface area contributed by atoms with Gasteiger partial charge in [0, 0.05) is 30.6 Å². The maximum Gasteiger partial charge on any atom is 0.339 e. The van der Waals surface area contributed by atoms with Crippen LogP contribution in [0.25, 0.3) is 22.2 Å². The summed E-state index contributed by atoms with van der Waals surface area (Å²) < 4.78 is 6.35. The normalized spacial score (nSPS) is 24.9. The topological polar surface area (TPSA) is 93.6 Å². The van der Waals surface area contributed by atoms with E-state index < -0.39 is 12.6 Å². The number of fused-ring (bicyclic) bond motifs is 6. The van der Waals surface area contributed by atoms with Crippen LogP contribution in [0.1, 0.15) is 45.2 Å². The molecular formula is C36H29Br3N2O5. The number of rotatable bonds is 7. The fourth-order valence-electron chi connectivity index (χ4n) is 7.36. The third-order valence-electron chi connectivity index (χ3n) is 9.67. The lowest BCUT2D eigenvalue weighted by molar-refractivity contribution is -0.123. The summed E-state index contributed by atoms with van der Waals surface area (Å²) >= 11 is 11.0. The smallest absolute Gasteiger partial charge is 0.339 e. The molecule has 7 rings (SSSR count). The van der Waals surface area contributed by atoms with Crippen LogP contribution in [0.5, 0.6) is 0 Å². The number of anilines is 1. The van der Waals surface area contributed by atoms with Crippen molar-refractivity contribution in [2.75, 3.05) is 11.5 Å². The van der Waals surface area contributed by atoms with Crippen molar-refractivity contribution >= 4 is 87.9 Å². The van der Waals surface area contributed by atoms with Gasteiger partial charge in [-0.1, -0.05) is 96.7 Å². The minimum absolute atomic E-state index is 0.133. The molecule has 2 heterocycles. The first-order chi connectivity index (χ1) is 22.1. The van der Waals surface area contributed by atoms with Gasteiger partial charge in [0.05, 0.1) is 34.3 Å². The second-order valence-electron chi connectivity index (χ2n) is 12.3. The monoisotopic (exact) mass is 806 g/mol. The Hall–Kier alpha value is -3.21. The average Bonchev–Trinajstić information content (AvgIpc) is 3.67. The fraction of sp³-hybridized carbons (Fsp3) is 0.306. The Labute approximate surface area is 291 Å². The van der Waals surface area contributed by atoms with Crippen molar-refractivity contribution in [2.24, 2.45) is 23.7 Å². The molecule has 2 saturated carbocycles. The molecule has 6 unspecified atom stereocenters.